The molecule has 0 atom stereocenters. The summed E-state index contributed by atoms with van der Waals surface area (Å²) in [5, 5.41) is 0. The lowest BCUT2D eigenvalue weighted by molar-refractivity contribution is 0.0138. The van der Waals surface area contributed by atoms with E-state index in [-0.39, 0.29) is 9.76 Å². The maximum Gasteiger partial charge on any atom is 0.158 e. The first-order valence-corrected chi connectivity index (χ1v) is 7.32. The van der Waals surface area contributed by atoms with E-state index in [2.05, 4.69) is 13.1 Å². The van der Waals surface area contributed by atoms with Crippen LogP contribution < -0.4 is 0 Å². The van der Waals surface area contributed by atoms with E-state index in [0.717, 1.165) is 0 Å². The van der Waals surface area contributed by atoms with Crippen molar-refractivity contribution in [2.75, 3.05) is 46.2 Å². The molecule has 0 saturated carbocycles. The number of rotatable bonds is 12. The van der Waals surface area contributed by atoms with Crippen molar-refractivity contribution in [1.82, 2.24) is 0 Å². The predicted octanol–water partition coefficient (Wildman–Crippen LogP) is 0.371. The van der Waals surface area contributed by atoms with Crippen LogP contribution in [0.1, 0.15) is 0 Å². The Labute approximate surface area is 94.5 Å². The normalized spacial score (nSPS) is 11.3. The van der Waals surface area contributed by atoms with E-state index in [9.17, 15) is 0 Å². The van der Waals surface area contributed by atoms with E-state index in [1.165, 1.54) is 0 Å². The van der Waals surface area contributed by atoms with E-state index in [1.54, 1.807) is 6.08 Å². The quantitative estimate of drug-likeness (QED) is 0.278. The Bertz CT molecular complexity index is 133. The molecule has 0 unspecified atom stereocenters. The third-order valence-corrected chi connectivity index (χ3v) is 2.25. The van der Waals surface area contributed by atoms with Crippen LogP contribution in [0, 0.1) is 0 Å². The van der Waals surface area contributed by atoms with Gasteiger partial charge in [0.1, 0.15) is 0 Å². The predicted molar refractivity (Wildman–Crippen MR) is 63.0 cm³/mol. The molecule has 4 nitrogen and oxygen atoms in total. The fourth-order valence-corrected chi connectivity index (χ4v) is 1.28. The molecule has 0 fully saturated rings. The van der Waals surface area contributed by atoms with Crippen LogP contribution in [0.3, 0.4) is 0 Å². The SMILES string of the molecule is C=CCOCCOCCOCCO[SiH2]C. The molecule has 0 aromatic heterocycles. The number of ether oxygens (including phenoxy) is 3. The topological polar surface area (TPSA) is 36.9 Å². The van der Waals surface area contributed by atoms with Crippen LogP contribution >= 0.6 is 0 Å². The molecule has 5 heteroatoms. The lowest BCUT2D eigenvalue weighted by Crippen LogP contribution is -2.12. The van der Waals surface area contributed by atoms with E-state index in [0.29, 0.717) is 46.2 Å². The second kappa shape index (κ2) is 13.8. The molecule has 0 aromatic carbocycles. The third kappa shape index (κ3) is 13.8. The first-order valence-electron chi connectivity index (χ1n) is 5.33. The van der Waals surface area contributed by atoms with Crippen molar-refractivity contribution in [3.63, 3.8) is 0 Å². The number of hydrogen-bond acceptors (Lipinski definition) is 4. The van der Waals surface area contributed by atoms with Gasteiger partial charge in [-0.25, -0.2) is 0 Å². The molecule has 0 spiro atoms. The summed E-state index contributed by atoms with van der Waals surface area (Å²) in [6.45, 7) is 10.1. The molecule has 0 N–H and O–H groups in total. The standard InChI is InChI=1S/C10H22O4Si/c1-3-4-11-5-6-12-7-8-13-9-10-14-15-2/h3H,1,4-10,15H2,2H3. The molecule has 0 amide bonds. The minimum atomic E-state index is -0.278. The summed E-state index contributed by atoms with van der Waals surface area (Å²) in [5.41, 5.74) is 0. The molecule has 0 aliphatic rings. The summed E-state index contributed by atoms with van der Waals surface area (Å²) in [7, 11) is -0.278. The summed E-state index contributed by atoms with van der Waals surface area (Å²) in [6.07, 6.45) is 1.72. The fraction of sp³-hybridized carbons (Fsp3) is 0.800. The molecule has 15 heavy (non-hydrogen) atoms. The van der Waals surface area contributed by atoms with Crippen molar-refractivity contribution >= 4 is 9.76 Å². The maximum atomic E-state index is 5.28. The van der Waals surface area contributed by atoms with Gasteiger partial charge in [-0.15, -0.1) is 6.58 Å². The van der Waals surface area contributed by atoms with Gasteiger partial charge in [0.15, 0.2) is 9.76 Å². The molecule has 0 saturated heterocycles. The lowest BCUT2D eigenvalue weighted by Gasteiger charge is -2.06. The highest BCUT2D eigenvalue weighted by molar-refractivity contribution is 6.24. The summed E-state index contributed by atoms with van der Waals surface area (Å²) in [4.78, 5) is 0. The third-order valence-electron chi connectivity index (χ3n) is 1.56. The van der Waals surface area contributed by atoms with Crippen LogP contribution in [0.15, 0.2) is 12.7 Å². The first kappa shape index (κ1) is 14.8. The van der Waals surface area contributed by atoms with Gasteiger partial charge in [-0.3, -0.25) is 0 Å². The van der Waals surface area contributed by atoms with Crippen LogP contribution in [0.4, 0.5) is 0 Å². The van der Waals surface area contributed by atoms with Gasteiger partial charge >= 0.3 is 0 Å². The second-order valence-electron chi connectivity index (χ2n) is 2.79. The molecular weight excluding hydrogens is 212 g/mol. The highest BCUT2D eigenvalue weighted by Crippen LogP contribution is 1.82. The van der Waals surface area contributed by atoms with Crippen molar-refractivity contribution in [1.29, 1.82) is 0 Å². The van der Waals surface area contributed by atoms with Gasteiger partial charge in [0.05, 0.1) is 46.2 Å². The van der Waals surface area contributed by atoms with Crippen molar-refractivity contribution in [3.05, 3.63) is 12.7 Å². The Morgan fingerprint density at radius 3 is 2.00 bits per heavy atom. The Morgan fingerprint density at radius 2 is 1.47 bits per heavy atom. The monoisotopic (exact) mass is 234 g/mol. The zero-order chi connectivity index (χ0) is 11.2. The lowest BCUT2D eigenvalue weighted by atomic mass is 10.6. The summed E-state index contributed by atoms with van der Waals surface area (Å²) >= 11 is 0. The van der Waals surface area contributed by atoms with E-state index >= 15 is 0 Å². The molecule has 0 aliphatic heterocycles. The van der Waals surface area contributed by atoms with Gasteiger partial charge in [-0.05, 0) is 0 Å². The molecular formula is C10H22O4Si. The zero-order valence-corrected chi connectivity index (χ0v) is 11.0. The number of hydrogen-bond donors (Lipinski definition) is 0. The Morgan fingerprint density at radius 1 is 0.933 bits per heavy atom. The Balaban J connectivity index is 2.83. The zero-order valence-electron chi connectivity index (χ0n) is 9.57. The van der Waals surface area contributed by atoms with Gasteiger partial charge in [0.25, 0.3) is 0 Å². The average Bonchev–Trinajstić information content (AvgIpc) is 2.26. The van der Waals surface area contributed by atoms with Gasteiger partial charge in [-0.2, -0.15) is 0 Å². The van der Waals surface area contributed by atoms with Crippen molar-refractivity contribution in [3.8, 4) is 0 Å². The first-order chi connectivity index (χ1) is 7.41. The highest BCUT2D eigenvalue weighted by Gasteiger charge is 1.90. The summed E-state index contributed by atoms with van der Waals surface area (Å²) in [6, 6.07) is 0. The minimum Gasteiger partial charge on any atom is -0.422 e. The molecule has 0 aliphatic carbocycles. The van der Waals surface area contributed by atoms with Crippen LogP contribution in [0.5, 0.6) is 0 Å². The average molecular weight is 234 g/mol. The van der Waals surface area contributed by atoms with Crippen LogP contribution in [-0.2, 0) is 18.6 Å². The van der Waals surface area contributed by atoms with E-state index in [1.807, 2.05) is 0 Å². The highest BCUT2D eigenvalue weighted by atomic mass is 28.2. The molecule has 0 bridgehead atoms. The van der Waals surface area contributed by atoms with Gasteiger partial charge in [-0.1, -0.05) is 12.6 Å². The van der Waals surface area contributed by atoms with Crippen LogP contribution in [-0.4, -0.2) is 56.0 Å². The van der Waals surface area contributed by atoms with Crippen LogP contribution in [0.2, 0.25) is 6.55 Å². The van der Waals surface area contributed by atoms with Crippen molar-refractivity contribution < 1.29 is 18.6 Å². The minimum absolute atomic E-state index is 0.278. The van der Waals surface area contributed by atoms with E-state index < -0.39 is 0 Å². The van der Waals surface area contributed by atoms with Gasteiger partial charge in [0.2, 0.25) is 0 Å². The van der Waals surface area contributed by atoms with Gasteiger partial charge in [0, 0.05) is 0 Å². The molecule has 0 radical (unpaired) electrons. The maximum absolute atomic E-state index is 5.28. The van der Waals surface area contributed by atoms with Crippen molar-refractivity contribution in [2.45, 2.75) is 6.55 Å². The summed E-state index contributed by atoms with van der Waals surface area (Å²) in [5.74, 6) is 0. The smallest absolute Gasteiger partial charge is 0.158 e. The Hall–Kier alpha value is -0.203. The molecule has 0 rings (SSSR count). The van der Waals surface area contributed by atoms with Crippen LogP contribution in [0.25, 0.3) is 0 Å². The summed E-state index contributed by atoms with van der Waals surface area (Å²) < 4.78 is 20.9. The van der Waals surface area contributed by atoms with E-state index in [4.69, 9.17) is 18.6 Å². The second-order valence-corrected chi connectivity index (χ2v) is 3.77. The Kier molecular flexibility index (Phi) is 13.6. The van der Waals surface area contributed by atoms with Crippen molar-refractivity contribution in [2.24, 2.45) is 0 Å². The molecule has 0 aromatic rings. The fourth-order valence-electron chi connectivity index (χ4n) is 0.869. The molecule has 90 valence electrons. The van der Waals surface area contributed by atoms with Gasteiger partial charge < -0.3 is 18.6 Å². The largest absolute Gasteiger partial charge is 0.422 e. The molecule has 0 heterocycles.